The van der Waals surface area contributed by atoms with Gasteiger partial charge in [0.1, 0.15) is 17.1 Å². The number of ether oxygens (including phenoxy) is 2. The Hall–Kier alpha value is -4.09. The van der Waals surface area contributed by atoms with Crippen molar-refractivity contribution in [3.05, 3.63) is 82.9 Å². The highest BCUT2D eigenvalue weighted by Crippen LogP contribution is 2.42. The predicted molar refractivity (Wildman–Crippen MR) is 126 cm³/mol. The normalized spacial score (nSPS) is 20.0. The molecule has 162 valence electrons. The Kier molecular flexibility index (Phi) is 5.32. The zero-order chi connectivity index (χ0) is 22.8. The summed E-state index contributed by atoms with van der Waals surface area (Å²) in [5.74, 6) is 1.63. The minimum absolute atomic E-state index is 0.426. The van der Waals surface area contributed by atoms with Crippen molar-refractivity contribution in [1.29, 1.82) is 10.5 Å². The maximum absolute atomic E-state index is 9.43. The summed E-state index contributed by atoms with van der Waals surface area (Å²) >= 11 is 0. The van der Waals surface area contributed by atoms with Gasteiger partial charge >= 0.3 is 0 Å². The average Bonchev–Trinajstić information content (AvgIpc) is 3.02. The summed E-state index contributed by atoms with van der Waals surface area (Å²) in [4.78, 5) is 4.23. The molecule has 1 atom stereocenters. The van der Waals surface area contributed by atoms with E-state index in [2.05, 4.69) is 23.2 Å². The average molecular weight is 434 g/mol. The fraction of sp³-hybridized carbons (Fsp3) is 0.250. The maximum Gasteiger partial charge on any atom is 0.205 e. The number of methoxy groups -OCH3 is 1. The Balaban J connectivity index is 1.54. The number of aliphatic imine (C=N–C) groups is 1. The summed E-state index contributed by atoms with van der Waals surface area (Å²) in [7, 11) is 1.69. The molecule has 1 spiro atoms. The Morgan fingerprint density at radius 2 is 1.85 bits per heavy atom. The van der Waals surface area contributed by atoms with Crippen LogP contribution in [0.2, 0.25) is 0 Å². The standard InChI is InChI=1S/C28H23N3O2/c1-32-24-9-7-23-15-28(11-3-6-21(23)13-24)16-26(31-18-30)25-14-22(8-10-27(25)33-28)20-5-2-4-19(12-20)17-29/h2,4-5,7-10,12-14H,3,6,11,15-16H2,1H3/b31-26+. The molecule has 1 heterocycles. The predicted octanol–water partition coefficient (Wildman–Crippen LogP) is 5.60. The van der Waals surface area contributed by atoms with Gasteiger partial charge in [-0.3, -0.25) is 0 Å². The van der Waals surface area contributed by atoms with Crippen molar-refractivity contribution < 1.29 is 9.47 Å². The zero-order valence-electron chi connectivity index (χ0n) is 18.5. The molecule has 0 N–H and O–H groups in total. The molecule has 0 saturated heterocycles. The quantitative estimate of drug-likeness (QED) is 0.493. The highest BCUT2D eigenvalue weighted by Gasteiger charge is 2.41. The van der Waals surface area contributed by atoms with Crippen LogP contribution in [0.15, 0.2) is 65.7 Å². The molecule has 3 aromatic carbocycles. The first-order chi connectivity index (χ1) is 16.1. The number of aryl methyl sites for hydroxylation is 1. The number of hydrogen-bond donors (Lipinski definition) is 0. The first kappa shape index (κ1) is 20.8. The molecule has 1 unspecified atom stereocenters. The van der Waals surface area contributed by atoms with Gasteiger partial charge in [0.25, 0.3) is 0 Å². The Morgan fingerprint density at radius 1 is 0.970 bits per heavy atom. The first-order valence-corrected chi connectivity index (χ1v) is 11.1. The second-order valence-corrected chi connectivity index (χ2v) is 8.69. The van der Waals surface area contributed by atoms with Gasteiger partial charge in [-0.2, -0.15) is 15.5 Å². The van der Waals surface area contributed by atoms with Crippen molar-refractivity contribution in [3.8, 4) is 34.9 Å². The molecule has 0 radical (unpaired) electrons. The number of nitriles is 2. The van der Waals surface area contributed by atoms with Crippen molar-refractivity contribution in [2.45, 2.75) is 37.7 Å². The van der Waals surface area contributed by atoms with E-state index in [1.165, 1.54) is 11.1 Å². The van der Waals surface area contributed by atoms with Gasteiger partial charge in [0, 0.05) is 18.4 Å². The highest BCUT2D eigenvalue weighted by molar-refractivity contribution is 6.06. The molecule has 0 saturated carbocycles. The Bertz CT molecular complexity index is 1350. The summed E-state index contributed by atoms with van der Waals surface area (Å²) in [6.07, 6.45) is 6.21. The van der Waals surface area contributed by atoms with E-state index in [1.807, 2.05) is 48.7 Å². The number of benzene rings is 3. The summed E-state index contributed by atoms with van der Waals surface area (Å²) in [5.41, 5.74) is 6.27. The number of hydrogen-bond acceptors (Lipinski definition) is 5. The third kappa shape index (κ3) is 3.95. The molecule has 5 rings (SSSR count). The lowest BCUT2D eigenvalue weighted by molar-refractivity contribution is 0.0619. The summed E-state index contributed by atoms with van der Waals surface area (Å²) < 4.78 is 12.1. The van der Waals surface area contributed by atoms with Gasteiger partial charge in [-0.15, -0.1) is 0 Å². The van der Waals surface area contributed by atoms with Crippen molar-refractivity contribution in [1.82, 2.24) is 0 Å². The number of fused-ring (bicyclic) bond motifs is 2. The van der Waals surface area contributed by atoms with Gasteiger partial charge in [-0.1, -0.05) is 24.3 Å². The minimum atomic E-state index is -0.426. The molecular weight excluding hydrogens is 410 g/mol. The van der Waals surface area contributed by atoms with Gasteiger partial charge < -0.3 is 9.47 Å². The molecule has 1 aliphatic heterocycles. The van der Waals surface area contributed by atoms with E-state index >= 15 is 0 Å². The van der Waals surface area contributed by atoms with Crippen LogP contribution >= 0.6 is 0 Å². The largest absolute Gasteiger partial charge is 0.497 e. The van der Waals surface area contributed by atoms with Gasteiger partial charge in [0.05, 0.1) is 24.5 Å². The fourth-order valence-electron chi connectivity index (χ4n) is 5.03. The lowest BCUT2D eigenvalue weighted by atomic mass is 9.82. The van der Waals surface area contributed by atoms with Gasteiger partial charge in [0.15, 0.2) is 0 Å². The zero-order valence-corrected chi connectivity index (χ0v) is 18.5. The lowest BCUT2D eigenvalue weighted by Gasteiger charge is -2.39. The lowest BCUT2D eigenvalue weighted by Crippen LogP contribution is -2.44. The van der Waals surface area contributed by atoms with Crippen LogP contribution in [0.1, 0.15) is 41.5 Å². The second-order valence-electron chi connectivity index (χ2n) is 8.69. The summed E-state index contributed by atoms with van der Waals surface area (Å²) in [5, 5.41) is 18.7. The van der Waals surface area contributed by atoms with Crippen molar-refractivity contribution in [2.24, 2.45) is 4.99 Å². The molecule has 5 nitrogen and oxygen atoms in total. The van der Waals surface area contributed by atoms with E-state index in [-0.39, 0.29) is 0 Å². The maximum atomic E-state index is 9.43. The number of rotatable bonds is 2. The van der Waals surface area contributed by atoms with Crippen LogP contribution in [0.3, 0.4) is 0 Å². The molecule has 5 heteroatoms. The molecular formula is C28H23N3O2. The van der Waals surface area contributed by atoms with Gasteiger partial charge in [-0.05, 0) is 77.9 Å². The molecule has 0 fully saturated rings. The van der Waals surface area contributed by atoms with E-state index in [1.54, 1.807) is 13.2 Å². The summed E-state index contributed by atoms with van der Waals surface area (Å²) in [6.45, 7) is 0. The van der Waals surface area contributed by atoms with Crippen LogP contribution in [0.25, 0.3) is 11.1 Å². The molecule has 3 aromatic rings. The van der Waals surface area contributed by atoms with Crippen molar-refractivity contribution in [2.75, 3.05) is 7.11 Å². The molecule has 0 aromatic heterocycles. The van der Waals surface area contributed by atoms with Crippen LogP contribution < -0.4 is 9.47 Å². The van der Waals surface area contributed by atoms with Crippen LogP contribution in [0.5, 0.6) is 11.5 Å². The van der Waals surface area contributed by atoms with Crippen LogP contribution in [0.4, 0.5) is 0 Å². The molecule has 33 heavy (non-hydrogen) atoms. The highest BCUT2D eigenvalue weighted by atomic mass is 16.5. The Morgan fingerprint density at radius 3 is 2.67 bits per heavy atom. The van der Waals surface area contributed by atoms with Gasteiger partial charge in [0.2, 0.25) is 6.19 Å². The van der Waals surface area contributed by atoms with E-state index < -0.39 is 5.60 Å². The monoisotopic (exact) mass is 433 g/mol. The van der Waals surface area contributed by atoms with E-state index in [4.69, 9.17) is 9.47 Å². The van der Waals surface area contributed by atoms with E-state index in [0.29, 0.717) is 12.0 Å². The SMILES string of the molecule is COc1ccc2c(c1)CCCC1(C/C(=N\C#N)c3cc(-c4cccc(C#N)c4)ccc3O1)C2. The molecule has 1 aliphatic carbocycles. The molecule has 0 bridgehead atoms. The van der Waals surface area contributed by atoms with Gasteiger partial charge in [-0.25, -0.2) is 0 Å². The summed E-state index contributed by atoms with van der Waals surface area (Å²) in [6, 6.07) is 21.9. The topological polar surface area (TPSA) is 78.4 Å². The van der Waals surface area contributed by atoms with Crippen LogP contribution in [0, 0.1) is 22.8 Å². The third-order valence-electron chi connectivity index (χ3n) is 6.62. The van der Waals surface area contributed by atoms with Crippen LogP contribution in [-0.4, -0.2) is 18.4 Å². The fourth-order valence-corrected chi connectivity index (χ4v) is 5.03. The number of nitrogens with zero attached hydrogens (tertiary/aromatic N) is 3. The van der Waals surface area contributed by atoms with Crippen molar-refractivity contribution in [3.63, 3.8) is 0 Å². The van der Waals surface area contributed by atoms with E-state index in [9.17, 15) is 10.5 Å². The minimum Gasteiger partial charge on any atom is -0.497 e. The molecule has 2 aliphatic rings. The molecule has 0 amide bonds. The Labute approximate surface area is 193 Å². The van der Waals surface area contributed by atoms with E-state index in [0.717, 1.165) is 59.6 Å². The second kappa shape index (κ2) is 8.45. The third-order valence-corrected chi connectivity index (χ3v) is 6.62. The van der Waals surface area contributed by atoms with Crippen molar-refractivity contribution >= 4 is 5.71 Å². The van der Waals surface area contributed by atoms with Crippen LogP contribution in [-0.2, 0) is 12.8 Å². The first-order valence-electron chi connectivity index (χ1n) is 11.1. The smallest absolute Gasteiger partial charge is 0.205 e.